The Kier molecular flexibility index (Phi) is 3.53. The smallest absolute Gasteiger partial charge is 0.239 e. The molecule has 0 fully saturated rings. The number of amides is 1. The van der Waals surface area contributed by atoms with E-state index in [4.69, 9.17) is 0 Å². The van der Waals surface area contributed by atoms with Crippen molar-refractivity contribution in [3.63, 3.8) is 0 Å². The molecule has 0 bridgehead atoms. The Balaban J connectivity index is 2.07. The van der Waals surface area contributed by atoms with Crippen molar-refractivity contribution in [3.05, 3.63) is 24.0 Å². The molecule has 2 N–H and O–H groups in total. The fourth-order valence-corrected chi connectivity index (χ4v) is 2.28. The van der Waals surface area contributed by atoms with Crippen molar-refractivity contribution in [2.75, 3.05) is 18.4 Å². The second-order valence-corrected chi connectivity index (χ2v) is 4.47. The van der Waals surface area contributed by atoms with Gasteiger partial charge in [-0.15, -0.1) is 0 Å². The van der Waals surface area contributed by atoms with Gasteiger partial charge in [-0.3, -0.25) is 4.79 Å². The van der Waals surface area contributed by atoms with Crippen molar-refractivity contribution in [1.29, 1.82) is 0 Å². The second-order valence-electron chi connectivity index (χ2n) is 3.44. The highest BCUT2D eigenvalue weighted by molar-refractivity contribution is 7.22. The van der Waals surface area contributed by atoms with Gasteiger partial charge >= 0.3 is 0 Å². The van der Waals surface area contributed by atoms with E-state index in [1.807, 2.05) is 6.92 Å². The standard InChI is InChI=1S/C11H12FN3OS/c1-2-13-10(16)6-14-11-15-8-4-3-7(12)5-9(8)17-11/h3-5H,2,6H2,1H3,(H,13,16)(H,14,15). The van der Waals surface area contributed by atoms with E-state index in [1.54, 1.807) is 6.07 Å². The third-order valence-corrected chi connectivity index (χ3v) is 3.10. The van der Waals surface area contributed by atoms with E-state index in [0.717, 1.165) is 10.2 Å². The first kappa shape index (κ1) is 11.8. The van der Waals surface area contributed by atoms with Gasteiger partial charge in [-0.05, 0) is 25.1 Å². The maximum absolute atomic E-state index is 13.0. The van der Waals surface area contributed by atoms with Gasteiger partial charge in [0.2, 0.25) is 5.91 Å². The van der Waals surface area contributed by atoms with Crippen LogP contribution in [0.5, 0.6) is 0 Å². The van der Waals surface area contributed by atoms with Gasteiger partial charge in [-0.2, -0.15) is 0 Å². The molecule has 1 heterocycles. The average molecular weight is 253 g/mol. The van der Waals surface area contributed by atoms with Crippen LogP contribution in [0.2, 0.25) is 0 Å². The van der Waals surface area contributed by atoms with E-state index in [1.165, 1.54) is 23.5 Å². The van der Waals surface area contributed by atoms with Crippen molar-refractivity contribution >= 4 is 32.6 Å². The minimum Gasteiger partial charge on any atom is -0.355 e. The highest BCUT2D eigenvalue weighted by Gasteiger charge is 2.05. The third kappa shape index (κ3) is 2.91. The molecule has 4 nitrogen and oxygen atoms in total. The Morgan fingerprint density at radius 2 is 2.35 bits per heavy atom. The number of anilines is 1. The van der Waals surface area contributed by atoms with E-state index in [0.29, 0.717) is 11.7 Å². The lowest BCUT2D eigenvalue weighted by molar-refractivity contribution is -0.119. The van der Waals surface area contributed by atoms with Crippen molar-refractivity contribution in [2.24, 2.45) is 0 Å². The summed E-state index contributed by atoms with van der Waals surface area (Å²) >= 11 is 1.33. The zero-order chi connectivity index (χ0) is 12.3. The molecular formula is C11H12FN3OS. The molecule has 0 radical (unpaired) electrons. The fourth-order valence-electron chi connectivity index (χ4n) is 1.39. The summed E-state index contributed by atoms with van der Waals surface area (Å²) in [6.45, 7) is 2.64. The SMILES string of the molecule is CCNC(=O)CNc1nc2ccc(F)cc2s1. The number of halogens is 1. The number of carbonyl (C=O) groups is 1. The molecule has 1 aromatic heterocycles. The molecule has 0 spiro atoms. The number of nitrogens with one attached hydrogen (secondary N) is 2. The maximum atomic E-state index is 13.0. The molecule has 17 heavy (non-hydrogen) atoms. The molecular weight excluding hydrogens is 241 g/mol. The summed E-state index contributed by atoms with van der Waals surface area (Å²) in [7, 11) is 0. The number of aromatic nitrogens is 1. The molecule has 1 amide bonds. The van der Waals surface area contributed by atoms with Gasteiger partial charge in [0.05, 0.1) is 16.8 Å². The lowest BCUT2D eigenvalue weighted by Crippen LogP contribution is -2.29. The van der Waals surface area contributed by atoms with Crippen molar-refractivity contribution in [2.45, 2.75) is 6.92 Å². The number of nitrogens with zero attached hydrogens (tertiary/aromatic N) is 1. The van der Waals surface area contributed by atoms with E-state index >= 15 is 0 Å². The van der Waals surface area contributed by atoms with E-state index in [2.05, 4.69) is 15.6 Å². The van der Waals surface area contributed by atoms with Gasteiger partial charge in [-0.1, -0.05) is 11.3 Å². The Labute approximate surface area is 102 Å². The summed E-state index contributed by atoms with van der Waals surface area (Å²) in [5.41, 5.74) is 0.731. The molecule has 90 valence electrons. The summed E-state index contributed by atoms with van der Waals surface area (Å²) in [5, 5.41) is 6.21. The van der Waals surface area contributed by atoms with Crippen LogP contribution in [0.1, 0.15) is 6.92 Å². The largest absolute Gasteiger partial charge is 0.355 e. The third-order valence-electron chi connectivity index (χ3n) is 2.12. The molecule has 0 atom stereocenters. The molecule has 6 heteroatoms. The van der Waals surface area contributed by atoms with E-state index in [9.17, 15) is 9.18 Å². The van der Waals surface area contributed by atoms with Crippen LogP contribution in [0.4, 0.5) is 9.52 Å². The number of hydrogen-bond acceptors (Lipinski definition) is 4. The average Bonchev–Trinajstić information content (AvgIpc) is 2.68. The number of fused-ring (bicyclic) bond motifs is 1. The first-order valence-electron chi connectivity index (χ1n) is 5.25. The lowest BCUT2D eigenvalue weighted by Gasteiger charge is -2.01. The number of thiazole rings is 1. The highest BCUT2D eigenvalue weighted by atomic mass is 32.1. The monoisotopic (exact) mass is 253 g/mol. The molecule has 2 rings (SSSR count). The van der Waals surface area contributed by atoms with Gasteiger partial charge in [-0.25, -0.2) is 9.37 Å². The highest BCUT2D eigenvalue weighted by Crippen LogP contribution is 2.26. The van der Waals surface area contributed by atoms with E-state index in [-0.39, 0.29) is 18.3 Å². The van der Waals surface area contributed by atoms with Crippen LogP contribution < -0.4 is 10.6 Å². The summed E-state index contributed by atoms with van der Waals surface area (Å²) in [6, 6.07) is 4.43. The minimum atomic E-state index is -0.281. The predicted octanol–water partition coefficient (Wildman–Crippen LogP) is 1.98. The number of rotatable bonds is 4. The Morgan fingerprint density at radius 1 is 1.53 bits per heavy atom. The number of likely N-dealkylation sites (N-methyl/N-ethyl adjacent to an activating group) is 1. The lowest BCUT2D eigenvalue weighted by atomic mass is 10.3. The van der Waals surface area contributed by atoms with Gasteiger partial charge in [0.15, 0.2) is 5.13 Å². The molecule has 0 saturated carbocycles. The number of hydrogen-bond donors (Lipinski definition) is 2. The topological polar surface area (TPSA) is 54.0 Å². The van der Waals surface area contributed by atoms with Gasteiger partial charge in [0.1, 0.15) is 5.82 Å². The Hall–Kier alpha value is -1.69. The van der Waals surface area contributed by atoms with Gasteiger partial charge in [0.25, 0.3) is 0 Å². The number of benzene rings is 1. The number of carbonyl (C=O) groups excluding carboxylic acids is 1. The Bertz CT molecular complexity index is 540. The molecule has 0 aliphatic heterocycles. The molecule has 0 aliphatic rings. The first-order valence-corrected chi connectivity index (χ1v) is 6.07. The molecule has 0 unspecified atom stereocenters. The summed E-state index contributed by atoms with van der Waals surface area (Å²) in [5.74, 6) is -0.366. The maximum Gasteiger partial charge on any atom is 0.239 e. The van der Waals surface area contributed by atoms with Crippen LogP contribution in [-0.2, 0) is 4.79 Å². The minimum absolute atomic E-state index is 0.0852. The normalized spacial score (nSPS) is 10.5. The fraction of sp³-hybridized carbons (Fsp3) is 0.273. The summed E-state index contributed by atoms with van der Waals surface area (Å²) < 4.78 is 13.7. The van der Waals surface area contributed by atoms with Crippen LogP contribution in [0.3, 0.4) is 0 Å². The second kappa shape index (κ2) is 5.09. The molecule has 1 aromatic carbocycles. The van der Waals surface area contributed by atoms with Crippen LogP contribution in [0, 0.1) is 5.82 Å². The van der Waals surface area contributed by atoms with Crippen molar-refractivity contribution in [1.82, 2.24) is 10.3 Å². The van der Waals surface area contributed by atoms with Crippen LogP contribution in [0.25, 0.3) is 10.2 Å². The van der Waals surface area contributed by atoms with Crippen LogP contribution >= 0.6 is 11.3 Å². The van der Waals surface area contributed by atoms with Crippen LogP contribution in [-0.4, -0.2) is 24.0 Å². The van der Waals surface area contributed by atoms with E-state index < -0.39 is 0 Å². The van der Waals surface area contributed by atoms with Crippen molar-refractivity contribution < 1.29 is 9.18 Å². The van der Waals surface area contributed by atoms with Crippen LogP contribution in [0.15, 0.2) is 18.2 Å². The quantitative estimate of drug-likeness (QED) is 0.876. The molecule has 2 aromatic rings. The zero-order valence-electron chi connectivity index (χ0n) is 9.29. The summed E-state index contributed by atoms with van der Waals surface area (Å²) in [4.78, 5) is 15.5. The molecule has 0 saturated heterocycles. The first-order chi connectivity index (χ1) is 8.19. The predicted molar refractivity (Wildman–Crippen MR) is 66.8 cm³/mol. The Morgan fingerprint density at radius 3 is 3.12 bits per heavy atom. The van der Waals surface area contributed by atoms with Crippen molar-refractivity contribution in [3.8, 4) is 0 Å². The van der Waals surface area contributed by atoms with Gasteiger partial charge in [0, 0.05) is 6.54 Å². The zero-order valence-corrected chi connectivity index (χ0v) is 10.1. The summed E-state index contributed by atoms with van der Waals surface area (Å²) in [6.07, 6.45) is 0. The van der Waals surface area contributed by atoms with Gasteiger partial charge < -0.3 is 10.6 Å². The molecule has 0 aliphatic carbocycles.